The monoisotopic (exact) mass is 330 g/mol. The number of nitrogens with one attached hydrogen (secondary N) is 2. The van der Waals surface area contributed by atoms with Crippen LogP contribution in [0.2, 0.25) is 5.02 Å². The van der Waals surface area contributed by atoms with Gasteiger partial charge in [-0.2, -0.15) is 0 Å². The van der Waals surface area contributed by atoms with Gasteiger partial charge in [0.25, 0.3) is 5.91 Å². The van der Waals surface area contributed by atoms with Gasteiger partial charge in [0.2, 0.25) is 5.95 Å². The van der Waals surface area contributed by atoms with Gasteiger partial charge in [-0.1, -0.05) is 30.5 Å². The summed E-state index contributed by atoms with van der Waals surface area (Å²) in [6.45, 7) is 1.87. The topological polar surface area (TPSA) is 66.9 Å². The summed E-state index contributed by atoms with van der Waals surface area (Å²) >= 11 is 6.08. The van der Waals surface area contributed by atoms with Gasteiger partial charge in [0.05, 0.1) is 0 Å². The fourth-order valence-corrected chi connectivity index (χ4v) is 2.91. The van der Waals surface area contributed by atoms with Gasteiger partial charge in [0, 0.05) is 22.9 Å². The van der Waals surface area contributed by atoms with Crippen LogP contribution in [0.1, 0.15) is 41.7 Å². The van der Waals surface area contributed by atoms with Crippen molar-refractivity contribution in [1.82, 2.24) is 9.97 Å². The summed E-state index contributed by atoms with van der Waals surface area (Å²) < 4.78 is 0. The van der Waals surface area contributed by atoms with E-state index in [0.717, 1.165) is 18.4 Å². The molecule has 0 spiro atoms. The molecule has 0 saturated heterocycles. The molecule has 0 unspecified atom stereocenters. The number of anilines is 2. The Morgan fingerprint density at radius 1 is 1.26 bits per heavy atom. The van der Waals surface area contributed by atoms with Crippen molar-refractivity contribution in [1.29, 1.82) is 0 Å². The molecule has 3 rings (SSSR count). The van der Waals surface area contributed by atoms with E-state index in [-0.39, 0.29) is 5.91 Å². The van der Waals surface area contributed by atoms with Gasteiger partial charge in [-0.25, -0.2) is 9.97 Å². The minimum atomic E-state index is -0.271. The second kappa shape index (κ2) is 6.96. The first-order chi connectivity index (χ1) is 11.1. The Bertz CT molecular complexity index is 713. The van der Waals surface area contributed by atoms with Crippen molar-refractivity contribution in [2.45, 2.75) is 38.6 Å². The van der Waals surface area contributed by atoms with E-state index in [1.165, 1.54) is 12.8 Å². The predicted octanol–water partition coefficient (Wildman–Crippen LogP) is 4.05. The molecule has 1 aliphatic carbocycles. The second-order valence-corrected chi connectivity index (χ2v) is 6.16. The highest BCUT2D eigenvalue weighted by atomic mass is 35.5. The number of carbonyl (C=O) groups excluding carboxylic acids is 1. The van der Waals surface area contributed by atoms with E-state index < -0.39 is 0 Å². The van der Waals surface area contributed by atoms with E-state index in [4.69, 9.17) is 11.6 Å². The summed E-state index contributed by atoms with van der Waals surface area (Å²) in [6, 6.07) is 7.43. The van der Waals surface area contributed by atoms with Gasteiger partial charge in [-0.3, -0.25) is 4.79 Å². The standard InChI is InChI=1S/C17H19ClN4O/c1-11-13(18)7-4-8-14(11)21-16(23)15-9-10-19-17(22-15)20-12-5-2-3-6-12/h4,7-10,12H,2-3,5-6H2,1H3,(H,21,23)(H,19,20,22). The molecule has 1 fully saturated rings. The maximum Gasteiger partial charge on any atom is 0.274 e. The average Bonchev–Trinajstić information content (AvgIpc) is 3.05. The molecule has 5 nitrogen and oxygen atoms in total. The largest absolute Gasteiger partial charge is 0.351 e. The highest BCUT2D eigenvalue weighted by Crippen LogP contribution is 2.23. The third-order valence-electron chi connectivity index (χ3n) is 4.09. The van der Waals surface area contributed by atoms with E-state index in [9.17, 15) is 4.79 Å². The molecular weight excluding hydrogens is 312 g/mol. The van der Waals surface area contributed by atoms with Crippen molar-refractivity contribution in [3.8, 4) is 0 Å². The zero-order valence-electron chi connectivity index (χ0n) is 13.0. The van der Waals surface area contributed by atoms with Gasteiger partial charge in [0.15, 0.2) is 0 Å². The van der Waals surface area contributed by atoms with Crippen LogP contribution in [-0.4, -0.2) is 21.9 Å². The Morgan fingerprint density at radius 2 is 2.04 bits per heavy atom. The summed E-state index contributed by atoms with van der Waals surface area (Å²) in [5.74, 6) is 0.236. The van der Waals surface area contributed by atoms with Crippen LogP contribution in [0, 0.1) is 6.92 Å². The molecule has 120 valence electrons. The number of benzene rings is 1. The van der Waals surface area contributed by atoms with Crippen LogP contribution in [0.15, 0.2) is 30.5 Å². The highest BCUT2D eigenvalue weighted by molar-refractivity contribution is 6.31. The third kappa shape index (κ3) is 3.79. The number of carbonyl (C=O) groups is 1. The van der Waals surface area contributed by atoms with Crippen LogP contribution >= 0.6 is 11.6 Å². The zero-order valence-corrected chi connectivity index (χ0v) is 13.7. The van der Waals surface area contributed by atoms with E-state index in [0.29, 0.717) is 28.4 Å². The summed E-state index contributed by atoms with van der Waals surface area (Å²) in [6.07, 6.45) is 6.31. The highest BCUT2D eigenvalue weighted by Gasteiger charge is 2.17. The lowest BCUT2D eigenvalue weighted by atomic mass is 10.2. The molecule has 1 amide bonds. The molecule has 0 aliphatic heterocycles. The average molecular weight is 331 g/mol. The fourth-order valence-electron chi connectivity index (χ4n) is 2.74. The van der Waals surface area contributed by atoms with E-state index in [1.54, 1.807) is 24.4 Å². The van der Waals surface area contributed by atoms with Crippen molar-refractivity contribution in [2.75, 3.05) is 10.6 Å². The Hall–Kier alpha value is -2.14. The number of aromatic nitrogens is 2. The lowest BCUT2D eigenvalue weighted by Gasteiger charge is -2.12. The Kier molecular flexibility index (Phi) is 4.76. The van der Waals surface area contributed by atoms with Gasteiger partial charge in [-0.15, -0.1) is 0 Å². The molecule has 0 bridgehead atoms. The number of amides is 1. The lowest BCUT2D eigenvalue weighted by Crippen LogP contribution is -2.19. The van der Waals surface area contributed by atoms with Crippen molar-refractivity contribution >= 4 is 29.1 Å². The number of nitrogens with zero attached hydrogens (tertiary/aromatic N) is 2. The smallest absolute Gasteiger partial charge is 0.274 e. The summed E-state index contributed by atoms with van der Waals surface area (Å²) in [5, 5.41) is 6.76. The van der Waals surface area contributed by atoms with Crippen LogP contribution in [0.3, 0.4) is 0 Å². The molecule has 6 heteroatoms. The minimum absolute atomic E-state index is 0.271. The zero-order chi connectivity index (χ0) is 16.2. The van der Waals surface area contributed by atoms with Crippen LogP contribution < -0.4 is 10.6 Å². The number of rotatable bonds is 4. The quantitative estimate of drug-likeness (QED) is 0.887. The van der Waals surface area contributed by atoms with Crippen molar-refractivity contribution < 1.29 is 4.79 Å². The van der Waals surface area contributed by atoms with Gasteiger partial charge >= 0.3 is 0 Å². The van der Waals surface area contributed by atoms with Crippen molar-refractivity contribution in [2.24, 2.45) is 0 Å². The SMILES string of the molecule is Cc1c(Cl)cccc1NC(=O)c1ccnc(NC2CCCC2)n1. The van der Waals surface area contributed by atoms with Gasteiger partial charge < -0.3 is 10.6 Å². The summed E-state index contributed by atoms with van der Waals surface area (Å²) in [5.41, 5.74) is 1.85. The molecule has 1 aliphatic rings. The fraction of sp³-hybridized carbons (Fsp3) is 0.353. The summed E-state index contributed by atoms with van der Waals surface area (Å²) in [7, 11) is 0. The molecule has 1 aromatic heterocycles. The Labute approximate surface area is 140 Å². The number of halogens is 1. The first kappa shape index (κ1) is 15.7. The molecule has 0 atom stereocenters. The number of hydrogen-bond donors (Lipinski definition) is 2. The van der Waals surface area contributed by atoms with Crippen molar-refractivity contribution in [3.05, 3.63) is 46.7 Å². The molecule has 0 radical (unpaired) electrons. The maximum absolute atomic E-state index is 12.4. The third-order valence-corrected chi connectivity index (χ3v) is 4.50. The first-order valence-electron chi connectivity index (χ1n) is 7.79. The van der Waals surface area contributed by atoms with Crippen molar-refractivity contribution in [3.63, 3.8) is 0 Å². The lowest BCUT2D eigenvalue weighted by molar-refractivity contribution is 0.102. The molecular formula is C17H19ClN4O. The minimum Gasteiger partial charge on any atom is -0.351 e. The van der Waals surface area contributed by atoms with Crippen LogP contribution in [0.4, 0.5) is 11.6 Å². The predicted molar refractivity (Wildman–Crippen MR) is 92.1 cm³/mol. The molecule has 2 aromatic rings. The Balaban J connectivity index is 1.73. The molecule has 1 aromatic carbocycles. The molecule has 2 N–H and O–H groups in total. The van der Waals surface area contributed by atoms with Crippen LogP contribution in [0.5, 0.6) is 0 Å². The van der Waals surface area contributed by atoms with E-state index >= 15 is 0 Å². The van der Waals surface area contributed by atoms with E-state index in [2.05, 4.69) is 20.6 Å². The normalized spacial score (nSPS) is 14.7. The number of hydrogen-bond acceptors (Lipinski definition) is 4. The van der Waals surface area contributed by atoms with Crippen LogP contribution in [-0.2, 0) is 0 Å². The Morgan fingerprint density at radius 3 is 2.83 bits per heavy atom. The summed E-state index contributed by atoms with van der Waals surface area (Å²) in [4.78, 5) is 20.9. The second-order valence-electron chi connectivity index (χ2n) is 5.76. The molecule has 1 saturated carbocycles. The van der Waals surface area contributed by atoms with Gasteiger partial charge in [0.1, 0.15) is 5.69 Å². The van der Waals surface area contributed by atoms with Crippen LogP contribution in [0.25, 0.3) is 0 Å². The maximum atomic E-state index is 12.4. The molecule has 23 heavy (non-hydrogen) atoms. The van der Waals surface area contributed by atoms with E-state index in [1.807, 2.05) is 13.0 Å². The van der Waals surface area contributed by atoms with Gasteiger partial charge in [-0.05, 0) is 43.5 Å². The molecule has 1 heterocycles. The first-order valence-corrected chi connectivity index (χ1v) is 8.17.